The van der Waals surface area contributed by atoms with Crippen molar-refractivity contribution < 1.29 is 18.7 Å². The van der Waals surface area contributed by atoms with Crippen molar-refractivity contribution in [1.29, 1.82) is 0 Å². The van der Waals surface area contributed by atoms with Crippen LogP contribution >= 0.6 is 0 Å². The van der Waals surface area contributed by atoms with Crippen molar-refractivity contribution in [3.63, 3.8) is 0 Å². The fraction of sp³-hybridized carbons (Fsp3) is 0.300. The Morgan fingerprint density at radius 3 is 2.95 bits per heavy atom. The zero-order chi connectivity index (χ0) is 26.3. The highest BCUT2D eigenvalue weighted by Crippen LogP contribution is 2.41. The Bertz CT molecular complexity index is 1610. The van der Waals surface area contributed by atoms with Crippen LogP contribution in [0.4, 0.5) is 4.79 Å². The van der Waals surface area contributed by atoms with Crippen molar-refractivity contribution in [2.24, 2.45) is 0 Å². The topological polar surface area (TPSA) is 93.5 Å². The molecule has 8 nitrogen and oxygen atoms in total. The van der Waals surface area contributed by atoms with E-state index in [9.17, 15) is 4.79 Å². The monoisotopic (exact) mass is 510 g/mol. The summed E-state index contributed by atoms with van der Waals surface area (Å²) >= 11 is 0. The van der Waals surface area contributed by atoms with E-state index in [2.05, 4.69) is 22.1 Å². The third-order valence-corrected chi connectivity index (χ3v) is 6.79. The van der Waals surface area contributed by atoms with Gasteiger partial charge >= 0.3 is 6.09 Å². The Morgan fingerprint density at radius 1 is 1.18 bits per heavy atom. The molecule has 0 bridgehead atoms. The summed E-state index contributed by atoms with van der Waals surface area (Å²) in [6.07, 6.45) is 8.45. The zero-order valence-corrected chi connectivity index (χ0v) is 21.7. The van der Waals surface area contributed by atoms with Gasteiger partial charge in [-0.05, 0) is 69.5 Å². The number of nitrogens with one attached hydrogen (secondary N) is 1. The number of aromatic nitrogens is 3. The zero-order valence-electron chi connectivity index (χ0n) is 21.7. The number of hydrogen-bond acceptors (Lipinski definition) is 6. The number of hydrogen-bond donors (Lipinski definition) is 1. The number of furan rings is 1. The van der Waals surface area contributed by atoms with Crippen LogP contribution < -0.4 is 4.74 Å². The first kappa shape index (κ1) is 24.0. The molecule has 6 rings (SSSR count). The number of carbonyl (C=O) groups excluding carboxylic acids is 1. The van der Waals surface area contributed by atoms with Gasteiger partial charge in [0.1, 0.15) is 23.5 Å². The van der Waals surface area contributed by atoms with E-state index in [0.717, 1.165) is 57.2 Å². The number of likely N-dealkylation sites (tertiary alicyclic amines) is 1. The van der Waals surface area contributed by atoms with Crippen molar-refractivity contribution in [3.8, 4) is 28.1 Å². The van der Waals surface area contributed by atoms with Crippen LogP contribution in [0.5, 0.6) is 5.75 Å². The molecule has 1 aliphatic rings. The van der Waals surface area contributed by atoms with Gasteiger partial charge in [0.05, 0.1) is 35.2 Å². The number of rotatable bonds is 5. The van der Waals surface area contributed by atoms with E-state index in [1.807, 2.05) is 51.1 Å². The van der Waals surface area contributed by atoms with Crippen molar-refractivity contribution in [1.82, 2.24) is 19.9 Å². The molecule has 38 heavy (non-hydrogen) atoms. The van der Waals surface area contributed by atoms with Crippen LogP contribution in [0.1, 0.15) is 33.6 Å². The lowest BCUT2D eigenvalue weighted by molar-refractivity contribution is 0.0187. The average molecular weight is 511 g/mol. The number of fused-ring (bicyclic) bond motifs is 2. The average Bonchev–Trinajstić information content (AvgIpc) is 3.64. The smallest absolute Gasteiger partial charge is 0.410 e. The minimum atomic E-state index is -0.541. The number of benzene rings is 1. The van der Waals surface area contributed by atoms with Crippen molar-refractivity contribution >= 4 is 28.1 Å². The molecule has 5 heterocycles. The first-order chi connectivity index (χ1) is 18.4. The minimum absolute atomic E-state index is 0.0666. The number of carbonyl (C=O) groups is 1. The van der Waals surface area contributed by atoms with Crippen LogP contribution in [0.2, 0.25) is 0 Å². The SMILES string of the molecule is CC(C)(C)OC(=O)N1CCC[C@H]1COc1cnccc1-c1[nH]c2cccnc2c1-c1ccc2ccoc2c1. The molecule has 1 atom stereocenters. The van der Waals surface area contributed by atoms with Crippen LogP contribution in [0, 0.1) is 0 Å². The first-order valence-electron chi connectivity index (χ1n) is 12.9. The van der Waals surface area contributed by atoms with Gasteiger partial charge < -0.3 is 23.8 Å². The highest BCUT2D eigenvalue weighted by Gasteiger charge is 2.33. The minimum Gasteiger partial charge on any atom is -0.489 e. The molecule has 0 radical (unpaired) electrons. The van der Waals surface area contributed by atoms with Crippen LogP contribution in [-0.4, -0.2) is 50.7 Å². The van der Waals surface area contributed by atoms with E-state index >= 15 is 0 Å². The molecule has 0 aliphatic carbocycles. The second-order valence-electron chi connectivity index (χ2n) is 10.6. The van der Waals surface area contributed by atoms with E-state index in [0.29, 0.717) is 18.9 Å². The Kier molecular flexibility index (Phi) is 6.02. The van der Waals surface area contributed by atoms with E-state index in [1.165, 1.54) is 0 Å². The second-order valence-corrected chi connectivity index (χ2v) is 10.6. The van der Waals surface area contributed by atoms with Crippen LogP contribution in [0.25, 0.3) is 44.4 Å². The molecule has 1 aliphatic heterocycles. The largest absolute Gasteiger partial charge is 0.489 e. The highest BCUT2D eigenvalue weighted by atomic mass is 16.6. The van der Waals surface area contributed by atoms with E-state index in [1.54, 1.807) is 29.8 Å². The van der Waals surface area contributed by atoms with Gasteiger partial charge in [0.15, 0.2) is 0 Å². The summed E-state index contributed by atoms with van der Waals surface area (Å²) in [6.45, 7) is 6.65. The number of nitrogens with zero attached hydrogens (tertiary/aromatic N) is 3. The predicted molar refractivity (Wildman–Crippen MR) is 146 cm³/mol. The molecular formula is C30H30N4O4. The van der Waals surface area contributed by atoms with E-state index in [4.69, 9.17) is 18.9 Å². The summed E-state index contributed by atoms with van der Waals surface area (Å²) in [5, 5.41) is 1.04. The molecule has 194 valence electrons. The van der Waals surface area contributed by atoms with Crippen LogP contribution in [-0.2, 0) is 4.74 Å². The standard InChI is InChI=1S/C30H30N4O4/c1-30(2,3)38-29(35)34-14-5-6-21(34)18-37-25-17-31-13-10-22(25)27-26(28-23(33-27)7-4-12-32-28)20-9-8-19-11-15-36-24(19)16-20/h4,7-13,15-17,21,33H,5-6,14,18H2,1-3H3/t21-/m0/s1. The molecule has 8 heteroatoms. The summed E-state index contributed by atoms with van der Waals surface area (Å²) in [7, 11) is 0. The molecule has 0 spiro atoms. The maximum absolute atomic E-state index is 12.8. The lowest BCUT2D eigenvalue weighted by atomic mass is 9.99. The second kappa shape index (κ2) is 9.52. The van der Waals surface area contributed by atoms with E-state index in [-0.39, 0.29) is 12.1 Å². The number of H-pyrrole nitrogens is 1. The van der Waals surface area contributed by atoms with Gasteiger partial charge in [-0.1, -0.05) is 12.1 Å². The number of amides is 1. The number of pyridine rings is 2. The highest BCUT2D eigenvalue weighted by molar-refractivity contribution is 6.03. The van der Waals surface area contributed by atoms with E-state index < -0.39 is 5.60 Å². The van der Waals surface area contributed by atoms with Crippen molar-refractivity contribution in [2.45, 2.75) is 45.3 Å². The molecular weight excluding hydrogens is 480 g/mol. The third kappa shape index (κ3) is 4.58. The Balaban J connectivity index is 1.35. The lowest BCUT2D eigenvalue weighted by Gasteiger charge is -2.28. The van der Waals surface area contributed by atoms with Gasteiger partial charge in [-0.15, -0.1) is 0 Å². The quantitative estimate of drug-likeness (QED) is 0.279. The summed E-state index contributed by atoms with van der Waals surface area (Å²) in [5.74, 6) is 0.635. The predicted octanol–water partition coefficient (Wildman–Crippen LogP) is 6.82. The van der Waals surface area contributed by atoms with Gasteiger partial charge in [-0.25, -0.2) is 4.79 Å². The summed E-state index contributed by atoms with van der Waals surface area (Å²) in [4.78, 5) is 27.1. The first-order valence-corrected chi connectivity index (χ1v) is 12.9. The molecule has 0 unspecified atom stereocenters. The molecule has 4 aromatic heterocycles. The maximum Gasteiger partial charge on any atom is 0.410 e. The number of ether oxygens (including phenoxy) is 2. The normalized spacial score (nSPS) is 15.9. The number of aromatic amines is 1. The maximum atomic E-state index is 12.8. The van der Waals surface area contributed by atoms with Gasteiger partial charge in [0, 0.05) is 35.5 Å². The molecule has 0 saturated carbocycles. The van der Waals surface area contributed by atoms with Gasteiger partial charge in [0.2, 0.25) is 0 Å². The van der Waals surface area contributed by atoms with Gasteiger partial charge in [-0.3, -0.25) is 9.97 Å². The molecule has 1 saturated heterocycles. The van der Waals surface area contributed by atoms with Crippen molar-refractivity contribution in [2.75, 3.05) is 13.2 Å². The summed E-state index contributed by atoms with van der Waals surface area (Å²) in [5.41, 5.74) is 5.77. The Labute approximate surface area is 220 Å². The lowest BCUT2D eigenvalue weighted by Crippen LogP contribution is -2.42. The van der Waals surface area contributed by atoms with Gasteiger partial charge in [0.25, 0.3) is 0 Å². The Hall–Kier alpha value is -4.33. The van der Waals surface area contributed by atoms with Crippen LogP contribution in [0.3, 0.4) is 0 Å². The summed E-state index contributed by atoms with van der Waals surface area (Å²) < 4.78 is 17.7. The molecule has 5 aromatic rings. The fourth-order valence-electron chi connectivity index (χ4n) is 5.07. The molecule has 1 amide bonds. The van der Waals surface area contributed by atoms with Gasteiger partial charge in [-0.2, -0.15) is 0 Å². The van der Waals surface area contributed by atoms with Crippen LogP contribution in [0.15, 0.2) is 71.7 Å². The summed E-state index contributed by atoms with van der Waals surface area (Å²) in [6, 6.07) is 13.9. The molecule has 1 fully saturated rings. The third-order valence-electron chi connectivity index (χ3n) is 6.79. The molecule has 1 aromatic carbocycles. The molecule has 1 N–H and O–H groups in total. The Morgan fingerprint density at radius 2 is 2.08 bits per heavy atom. The van der Waals surface area contributed by atoms with Crippen molar-refractivity contribution in [3.05, 3.63) is 67.3 Å². The fourth-order valence-corrected chi connectivity index (χ4v) is 5.07.